The predicted molar refractivity (Wildman–Crippen MR) is 165 cm³/mol. The molecule has 256 valence electrons. The molecule has 0 aromatic heterocycles. The van der Waals surface area contributed by atoms with Gasteiger partial charge in [-0.05, 0) is 79.5 Å². The molecule has 2 aliphatic rings. The number of alkyl halides is 3. The predicted octanol–water partition coefficient (Wildman–Crippen LogP) is 5.82. The van der Waals surface area contributed by atoms with E-state index < -0.39 is 55.8 Å². The van der Waals surface area contributed by atoms with Gasteiger partial charge in [-0.2, -0.15) is 13.2 Å². The highest BCUT2D eigenvalue weighted by molar-refractivity contribution is 7.92. The molecule has 0 radical (unpaired) electrons. The largest absolute Gasteiger partial charge is 0.501 e. The molecule has 4 unspecified atom stereocenters. The zero-order chi connectivity index (χ0) is 34.8. The van der Waals surface area contributed by atoms with Gasteiger partial charge in [-0.1, -0.05) is 18.2 Å². The maximum absolute atomic E-state index is 15.2. The van der Waals surface area contributed by atoms with Gasteiger partial charge in [0.25, 0.3) is 15.7 Å². The summed E-state index contributed by atoms with van der Waals surface area (Å²) in [4.78, 5) is 36.9. The quantitative estimate of drug-likeness (QED) is 0.159. The summed E-state index contributed by atoms with van der Waals surface area (Å²) in [7, 11) is -4.35. The molecule has 0 heterocycles. The van der Waals surface area contributed by atoms with Gasteiger partial charge in [0.1, 0.15) is 17.3 Å². The molecule has 3 aromatic rings. The van der Waals surface area contributed by atoms with Gasteiger partial charge < -0.3 is 25.2 Å². The van der Waals surface area contributed by atoms with Gasteiger partial charge in [-0.3, -0.25) is 14.4 Å². The summed E-state index contributed by atoms with van der Waals surface area (Å²) in [5.41, 5.74) is -5.13. The van der Waals surface area contributed by atoms with Crippen LogP contribution >= 0.6 is 0 Å². The van der Waals surface area contributed by atoms with E-state index in [4.69, 9.17) is 14.6 Å². The van der Waals surface area contributed by atoms with Crippen molar-refractivity contribution >= 4 is 33.3 Å². The summed E-state index contributed by atoms with van der Waals surface area (Å²) in [5.74, 6) is -3.35. The number of carbonyl (C=O) groups is 3. The number of rotatable bonds is 12. The molecule has 3 aromatic carbocycles. The minimum Gasteiger partial charge on any atom is -0.496 e. The van der Waals surface area contributed by atoms with E-state index in [1.54, 1.807) is 24.3 Å². The number of hydrogen-bond donors (Lipinski definition) is 3. The van der Waals surface area contributed by atoms with Gasteiger partial charge in [-0.15, -0.1) is 0 Å². The smallest absolute Gasteiger partial charge is 0.496 e. The third kappa shape index (κ3) is 7.25. The zero-order valence-corrected chi connectivity index (χ0v) is 26.4. The summed E-state index contributed by atoms with van der Waals surface area (Å²) in [5, 5.41) is 14.2. The molecular formula is C33H32F4N2O8S. The third-order valence-corrected chi connectivity index (χ3v) is 10.2. The lowest BCUT2D eigenvalue weighted by atomic mass is 9.83. The Bertz CT molecular complexity index is 1810. The molecule has 2 saturated carbocycles. The highest BCUT2D eigenvalue weighted by Crippen LogP contribution is 2.49. The van der Waals surface area contributed by atoms with E-state index in [0.29, 0.717) is 30.6 Å². The highest BCUT2D eigenvalue weighted by atomic mass is 32.2. The van der Waals surface area contributed by atoms with E-state index in [1.165, 1.54) is 19.2 Å². The molecule has 0 aliphatic heterocycles. The molecule has 2 bridgehead atoms. The molecule has 2 aliphatic carbocycles. The van der Waals surface area contributed by atoms with Gasteiger partial charge in [-0.25, -0.2) is 12.8 Å². The Balaban J connectivity index is 1.33. The Morgan fingerprint density at radius 1 is 1.00 bits per heavy atom. The summed E-state index contributed by atoms with van der Waals surface area (Å²) in [6, 6.07) is 12.0. The van der Waals surface area contributed by atoms with Crippen molar-refractivity contribution in [2.24, 2.45) is 17.8 Å². The average molecular weight is 693 g/mol. The third-order valence-electron chi connectivity index (χ3n) is 8.74. The monoisotopic (exact) mass is 692 g/mol. The van der Waals surface area contributed by atoms with Gasteiger partial charge in [0.2, 0.25) is 5.91 Å². The standard InChI is InChI=1S/C33H32F4N2O8S/c1-46-27-17-26(34)24(18-9-11-22(12-10-18)47-13-3-6-28(40)41)16-25(27)31(42)39-30-20-8-7-19(14-20)29(30)32(43)38-21-4-2-5-23(15-21)48(44,45)33(35,36)37/h2,4-5,9-12,15-17,19-20,29-30H,3,6-8,13-14H2,1H3,(H,38,43)(H,39,42)(H,40,41). The Morgan fingerprint density at radius 2 is 1.71 bits per heavy atom. The fraction of sp³-hybridized carbons (Fsp3) is 0.364. The van der Waals surface area contributed by atoms with Gasteiger partial charge in [0.05, 0.1) is 30.1 Å². The first-order chi connectivity index (χ1) is 22.7. The summed E-state index contributed by atoms with van der Waals surface area (Å²) >= 11 is 0. The number of nitrogens with one attached hydrogen (secondary N) is 2. The number of halogens is 4. The van der Waals surface area contributed by atoms with Crippen LogP contribution in [0.2, 0.25) is 0 Å². The Kier molecular flexibility index (Phi) is 9.99. The molecular weight excluding hydrogens is 660 g/mol. The maximum Gasteiger partial charge on any atom is 0.501 e. The van der Waals surface area contributed by atoms with Crippen molar-refractivity contribution in [2.45, 2.75) is 48.5 Å². The number of anilines is 1. The number of fused-ring (bicyclic) bond motifs is 2. The maximum atomic E-state index is 15.2. The normalized spacial score (nSPS) is 20.3. The van der Waals surface area contributed by atoms with Crippen LogP contribution in [0, 0.1) is 23.6 Å². The van der Waals surface area contributed by atoms with Crippen molar-refractivity contribution in [3.8, 4) is 22.6 Å². The minimum absolute atomic E-state index is 0.00915. The van der Waals surface area contributed by atoms with Crippen LogP contribution in [0.4, 0.5) is 23.2 Å². The molecule has 4 atom stereocenters. The number of aliphatic carboxylic acids is 1. The molecule has 3 N–H and O–H groups in total. The number of amides is 2. The molecule has 5 rings (SSSR count). The first-order valence-electron chi connectivity index (χ1n) is 15.0. The average Bonchev–Trinajstić information content (AvgIpc) is 3.65. The van der Waals surface area contributed by atoms with E-state index >= 15 is 4.39 Å². The molecule has 15 heteroatoms. The zero-order valence-electron chi connectivity index (χ0n) is 25.6. The topological polar surface area (TPSA) is 148 Å². The Labute approximate surface area is 273 Å². The van der Waals surface area contributed by atoms with Crippen molar-refractivity contribution in [3.63, 3.8) is 0 Å². The van der Waals surface area contributed by atoms with Crippen molar-refractivity contribution in [2.75, 3.05) is 19.0 Å². The number of benzene rings is 3. The van der Waals surface area contributed by atoms with Crippen LogP contribution in [0.5, 0.6) is 11.5 Å². The van der Waals surface area contributed by atoms with Gasteiger partial charge in [0.15, 0.2) is 0 Å². The molecule has 48 heavy (non-hydrogen) atoms. The number of sulfone groups is 1. The van der Waals surface area contributed by atoms with Crippen molar-refractivity contribution in [1.29, 1.82) is 0 Å². The molecule has 0 spiro atoms. The van der Waals surface area contributed by atoms with Crippen LogP contribution < -0.4 is 20.1 Å². The second-order valence-corrected chi connectivity index (χ2v) is 13.7. The number of carboxylic acid groups (broad SMARTS) is 1. The van der Waals surface area contributed by atoms with Crippen LogP contribution in [-0.4, -0.2) is 56.6 Å². The molecule has 2 amide bonds. The number of methoxy groups -OCH3 is 1. The van der Waals surface area contributed by atoms with Crippen molar-refractivity contribution in [3.05, 3.63) is 72.0 Å². The van der Waals surface area contributed by atoms with Crippen molar-refractivity contribution in [1.82, 2.24) is 5.32 Å². The van der Waals surface area contributed by atoms with E-state index in [0.717, 1.165) is 30.7 Å². The first-order valence-corrected chi connectivity index (χ1v) is 16.5. The SMILES string of the molecule is COc1cc(F)c(-c2ccc(OCCCC(=O)O)cc2)cc1C(=O)NC1C2CCC(C2)C1C(=O)Nc1cccc(S(=O)(=O)C(F)(F)F)c1. The molecule has 2 fully saturated rings. The lowest BCUT2D eigenvalue weighted by Gasteiger charge is -2.31. The van der Waals surface area contributed by atoms with Crippen LogP contribution in [0.25, 0.3) is 11.1 Å². The van der Waals surface area contributed by atoms with E-state index in [-0.39, 0.29) is 47.4 Å². The second-order valence-electron chi connectivity index (χ2n) is 11.7. The van der Waals surface area contributed by atoms with Crippen LogP contribution in [0.3, 0.4) is 0 Å². The Morgan fingerprint density at radius 3 is 2.38 bits per heavy atom. The fourth-order valence-corrected chi connectivity index (χ4v) is 7.28. The summed E-state index contributed by atoms with van der Waals surface area (Å²) in [6.07, 6.45) is 2.32. The number of carboxylic acids is 1. The fourth-order valence-electron chi connectivity index (χ4n) is 6.47. The lowest BCUT2D eigenvalue weighted by Crippen LogP contribution is -2.48. The van der Waals surface area contributed by atoms with Crippen molar-refractivity contribution < 1.29 is 54.9 Å². The van der Waals surface area contributed by atoms with Crippen LogP contribution in [0.15, 0.2) is 65.6 Å². The molecule has 10 nitrogen and oxygen atoms in total. The Hall–Kier alpha value is -4.66. The number of ether oxygens (including phenoxy) is 2. The summed E-state index contributed by atoms with van der Waals surface area (Å²) < 4.78 is 89.1. The van der Waals surface area contributed by atoms with Crippen LogP contribution in [0.1, 0.15) is 42.5 Å². The van der Waals surface area contributed by atoms with Crippen LogP contribution in [-0.2, 0) is 19.4 Å². The van der Waals surface area contributed by atoms with E-state index in [1.807, 2.05) is 0 Å². The summed E-state index contributed by atoms with van der Waals surface area (Å²) in [6.45, 7) is 0.182. The first kappa shape index (κ1) is 34.7. The number of carbonyl (C=O) groups excluding carboxylic acids is 2. The number of hydrogen-bond acceptors (Lipinski definition) is 7. The van der Waals surface area contributed by atoms with E-state index in [9.17, 15) is 36.0 Å². The van der Waals surface area contributed by atoms with Gasteiger partial charge in [0, 0.05) is 29.8 Å². The van der Waals surface area contributed by atoms with E-state index in [2.05, 4.69) is 10.6 Å². The van der Waals surface area contributed by atoms with Gasteiger partial charge >= 0.3 is 11.5 Å². The lowest BCUT2D eigenvalue weighted by molar-refractivity contribution is -0.137. The molecule has 0 saturated heterocycles. The highest BCUT2D eigenvalue weighted by Gasteiger charge is 2.52. The second kappa shape index (κ2) is 13.8. The minimum atomic E-state index is -5.63.